The van der Waals surface area contributed by atoms with E-state index in [0.29, 0.717) is 17.2 Å². The minimum absolute atomic E-state index is 0.0373. The highest BCUT2D eigenvalue weighted by molar-refractivity contribution is 6.08. The van der Waals surface area contributed by atoms with Gasteiger partial charge in [0.15, 0.2) is 0 Å². The summed E-state index contributed by atoms with van der Waals surface area (Å²) in [4.78, 5) is 28.9. The Kier molecular flexibility index (Phi) is 6.03. The van der Waals surface area contributed by atoms with E-state index in [0.717, 1.165) is 0 Å². The average molecular weight is 395 g/mol. The topological polar surface area (TPSA) is 89.5 Å². The van der Waals surface area contributed by atoms with Gasteiger partial charge in [0.25, 0.3) is 11.8 Å². The van der Waals surface area contributed by atoms with E-state index >= 15 is 0 Å². The lowest BCUT2D eigenvalue weighted by molar-refractivity contribution is 0.102. The van der Waals surface area contributed by atoms with Crippen LogP contribution >= 0.6 is 0 Å². The van der Waals surface area contributed by atoms with E-state index in [-0.39, 0.29) is 16.8 Å². The van der Waals surface area contributed by atoms with Gasteiger partial charge in [-0.2, -0.15) is 0 Å². The number of hydrogen-bond donors (Lipinski definition) is 2. The Morgan fingerprint density at radius 1 is 0.862 bits per heavy atom. The second-order valence-corrected chi connectivity index (χ2v) is 5.92. The van der Waals surface area contributed by atoms with E-state index in [1.807, 2.05) is 0 Å². The molecule has 0 saturated heterocycles. The molecule has 8 heteroatoms. The minimum Gasteiger partial charge on any atom is -0.497 e. The molecule has 0 aliphatic carbocycles. The molecule has 2 N–H and O–H groups in total. The van der Waals surface area contributed by atoms with Crippen LogP contribution in [-0.2, 0) is 0 Å². The SMILES string of the molecule is COc1ccc(NC(=O)c2cncc(C(=O)Nc3ccccc3F)c2)c(OC)c1. The van der Waals surface area contributed by atoms with Crippen LogP contribution in [0.4, 0.5) is 15.8 Å². The molecule has 7 nitrogen and oxygen atoms in total. The lowest BCUT2D eigenvalue weighted by Gasteiger charge is -2.12. The number of para-hydroxylation sites is 1. The molecule has 3 rings (SSSR count). The molecule has 0 saturated carbocycles. The third-order valence-electron chi connectivity index (χ3n) is 4.04. The van der Waals surface area contributed by atoms with E-state index < -0.39 is 17.6 Å². The normalized spacial score (nSPS) is 10.2. The van der Waals surface area contributed by atoms with Crippen molar-refractivity contribution in [1.29, 1.82) is 0 Å². The van der Waals surface area contributed by atoms with Crippen molar-refractivity contribution in [3.05, 3.63) is 77.9 Å². The molecule has 0 atom stereocenters. The molecule has 1 heterocycles. The smallest absolute Gasteiger partial charge is 0.257 e. The van der Waals surface area contributed by atoms with Crippen LogP contribution in [0, 0.1) is 5.82 Å². The first kappa shape index (κ1) is 19.8. The van der Waals surface area contributed by atoms with Gasteiger partial charge in [-0.15, -0.1) is 0 Å². The number of methoxy groups -OCH3 is 2. The summed E-state index contributed by atoms with van der Waals surface area (Å²) in [6.07, 6.45) is 2.62. The van der Waals surface area contributed by atoms with Crippen molar-refractivity contribution in [2.24, 2.45) is 0 Å². The summed E-state index contributed by atoms with van der Waals surface area (Å²) in [6, 6.07) is 12.1. The van der Waals surface area contributed by atoms with E-state index in [1.54, 1.807) is 24.3 Å². The molecule has 148 valence electrons. The minimum atomic E-state index is -0.584. The molecule has 29 heavy (non-hydrogen) atoms. The van der Waals surface area contributed by atoms with Gasteiger partial charge in [0.2, 0.25) is 0 Å². The van der Waals surface area contributed by atoms with Gasteiger partial charge in [-0.05, 0) is 30.3 Å². The Morgan fingerprint density at radius 2 is 1.52 bits per heavy atom. The number of pyridine rings is 1. The maximum atomic E-state index is 13.7. The van der Waals surface area contributed by atoms with Crippen LogP contribution in [0.3, 0.4) is 0 Å². The van der Waals surface area contributed by atoms with Crippen molar-refractivity contribution < 1.29 is 23.5 Å². The number of carbonyl (C=O) groups is 2. The molecule has 0 spiro atoms. The van der Waals surface area contributed by atoms with Crippen molar-refractivity contribution in [3.8, 4) is 11.5 Å². The Labute approximate surface area is 166 Å². The predicted octanol–water partition coefficient (Wildman–Crippen LogP) is 3.74. The number of anilines is 2. The van der Waals surface area contributed by atoms with E-state index in [9.17, 15) is 14.0 Å². The molecule has 0 aliphatic rings. The van der Waals surface area contributed by atoms with E-state index in [1.165, 1.54) is 50.9 Å². The summed E-state index contributed by atoms with van der Waals surface area (Å²) in [7, 11) is 3.00. The van der Waals surface area contributed by atoms with Gasteiger partial charge in [0.1, 0.15) is 17.3 Å². The summed E-state index contributed by atoms with van der Waals surface area (Å²) in [6.45, 7) is 0. The summed E-state index contributed by atoms with van der Waals surface area (Å²) in [5, 5.41) is 5.16. The van der Waals surface area contributed by atoms with Gasteiger partial charge in [0, 0.05) is 18.5 Å². The molecular weight excluding hydrogens is 377 g/mol. The second kappa shape index (κ2) is 8.83. The van der Waals surface area contributed by atoms with Crippen LogP contribution in [0.25, 0.3) is 0 Å². The van der Waals surface area contributed by atoms with Gasteiger partial charge in [-0.3, -0.25) is 14.6 Å². The summed E-state index contributed by atoms with van der Waals surface area (Å²) < 4.78 is 24.1. The fourth-order valence-electron chi connectivity index (χ4n) is 2.54. The number of amides is 2. The van der Waals surface area contributed by atoms with Crippen LogP contribution in [0.15, 0.2) is 60.9 Å². The third-order valence-corrected chi connectivity index (χ3v) is 4.04. The quantitative estimate of drug-likeness (QED) is 0.664. The van der Waals surface area contributed by atoms with Crippen molar-refractivity contribution in [3.63, 3.8) is 0 Å². The lowest BCUT2D eigenvalue weighted by Crippen LogP contribution is -2.17. The number of aromatic nitrogens is 1. The van der Waals surface area contributed by atoms with Crippen LogP contribution in [-0.4, -0.2) is 31.0 Å². The monoisotopic (exact) mass is 395 g/mol. The van der Waals surface area contributed by atoms with Crippen molar-refractivity contribution in [2.45, 2.75) is 0 Å². The number of rotatable bonds is 6. The number of carbonyl (C=O) groups excluding carboxylic acids is 2. The Balaban J connectivity index is 1.78. The number of nitrogens with one attached hydrogen (secondary N) is 2. The van der Waals surface area contributed by atoms with Gasteiger partial charge in [-0.1, -0.05) is 12.1 Å². The zero-order chi connectivity index (χ0) is 20.8. The maximum Gasteiger partial charge on any atom is 0.257 e. The van der Waals surface area contributed by atoms with E-state index in [4.69, 9.17) is 9.47 Å². The fourth-order valence-corrected chi connectivity index (χ4v) is 2.54. The van der Waals surface area contributed by atoms with Gasteiger partial charge < -0.3 is 20.1 Å². The Hall–Kier alpha value is -3.94. The van der Waals surface area contributed by atoms with Crippen LogP contribution in [0.2, 0.25) is 0 Å². The largest absolute Gasteiger partial charge is 0.497 e. The molecule has 1 aromatic heterocycles. The molecule has 2 amide bonds. The fraction of sp³-hybridized carbons (Fsp3) is 0.0952. The number of ether oxygens (including phenoxy) is 2. The number of nitrogens with zero attached hydrogens (tertiary/aromatic N) is 1. The first-order valence-electron chi connectivity index (χ1n) is 8.56. The van der Waals surface area contributed by atoms with Crippen molar-refractivity contribution >= 4 is 23.2 Å². The summed E-state index contributed by atoms with van der Waals surface area (Å²) >= 11 is 0. The predicted molar refractivity (Wildman–Crippen MR) is 106 cm³/mol. The summed E-state index contributed by atoms with van der Waals surface area (Å²) in [5.41, 5.74) is 0.737. The molecule has 0 fully saturated rings. The first-order valence-corrected chi connectivity index (χ1v) is 8.56. The first-order chi connectivity index (χ1) is 14.0. The van der Waals surface area contributed by atoms with Gasteiger partial charge in [-0.25, -0.2) is 4.39 Å². The van der Waals surface area contributed by atoms with Crippen molar-refractivity contribution in [1.82, 2.24) is 4.98 Å². The highest BCUT2D eigenvalue weighted by Crippen LogP contribution is 2.29. The Bertz CT molecular complexity index is 1060. The molecule has 0 unspecified atom stereocenters. The van der Waals surface area contributed by atoms with Crippen molar-refractivity contribution in [2.75, 3.05) is 24.9 Å². The second-order valence-electron chi connectivity index (χ2n) is 5.92. The van der Waals surface area contributed by atoms with E-state index in [2.05, 4.69) is 15.6 Å². The molecule has 3 aromatic rings. The Morgan fingerprint density at radius 3 is 2.14 bits per heavy atom. The average Bonchev–Trinajstić information content (AvgIpc) is 2.75. The molecule has 2 aromatic carbocycles. The molecule has 0 aliphatic heterocycles. The number of benzene rings is 2. The van der Waals surface area contributed by atoms with Gasteiger partial charge in [0.05, 0.1) is 36.7 Å². The van der Waals surface area contributed by atoms with Gasteiger partial charge >= 0.3 is 0 Å². The van der Waals surface area contributed by atoms with Crippen LogP contribution in [0.5, 0.6) is 11.5 Å². The molecule has 0 radical (unpaired) electrons. The maximum absolute atomic E-state index is 13.7. The van der Waals surface area contributed by atoms with Crippen LogP contribution < -0.4 is 20.1 Å². The highest BCUT2D eigenvalue weighted by Gasteiger charge is 2.15. The zero-order valence-corrected chi connectivity index (χ0v) is 15.7. The third kappa shape index (κ3) is 4.67. The number of halogens is 1. The summed E-state index contributed by atoms with van der Waals surface area (Å²) in [5.74, 6) is -0.637. The molecular formula is C21H18FN3O4. The van der Waals surface area contributed by atoms with Crippen LogP contribution in [0.1, 0.15) is 20.7 Å². The highest BCUT2D eigenvalue weighted by atomic mass is 19.1. The standard InChI is InChI=1S/C21H18FN3O4/c1-28-15-7-8-18(19(10-15)29-2)25-21(27)14-9-13(11-23-12-14)20(26)24-17-6-4-3-5-16(17)22/h3-12H,1-2H3,(H,24,26)(H,25,27). The zero-order valence-electron chi connectivity index (χ0n) is 15.7. The molecule has 0 bridgehead atoms. The lowest BCUT2D eigenvalue weighted by atomic mass is 10.1. The number of hydrogen-bond acceptors (Lipinski definition) is 5.